The predicted molar refractivity (Wildman–Crippen MR) is 89.4 cm³/mol. The monoisotopic (exact) mass is 303 g/mol. The number of carbonyl (C=O) groups is 1. The fourth-order valence-electron chi connectivity index (χ4n) is 2.06. The quantitative estimate of drug-likeness (QED) is 0.833. The average molecular weight is 303 g/mol. The van der Waals surface area contributed by atoms with E-state index in [2.05, 4.69) is 28.6 Å². The van der Waals surface area contributed by atoms with Crippen LogP contribution in [0.3, 0.4) is 0 Å². The number of nitrogens with one attached hydrogen (secondary N) is 1. The van der Waals surface area contributed by atoms with E-state index in [1.807, 2.05) is 32.2 Å². The predicted octanol–water partition coefficient (Wildman–Crippen LogP) is 3.35. The summed E-state index contributed by atoms with van der Waals surface area (Å²) in [5, 5.41) is 4.97. The van der Waals surface area contributed by atoms with Gasteiger partial charge < -0.3 is 11.1 Å². The van der Waals surface area contributed by atoms with Crippen LogP contribution in [0.15, 0.2) is 41.8 Å². The van der Waals surface area contributed by atoms with Crippen LogP contribution in [0.2, 0.25) is 0 Å². The Labute approximate surface area is 129 Å². The molecule has 1 amide bonds. The zero-order chi connectivity index (χ0) is 15.4. The summed E-state index contributed by atoms with van der Waals surface area (Å²) in [5.41, 5.74) is 7.09. The van der Waals surface area contributed by atoms with Gasteiger partial charge in [0.25, 0.3) is 0 Å². The lowest BCUT2D eigenvalue weighted by molar-refractivity contribution is -0.121. The van der Waals surface area contributed by atoms with E-state index < -0.39 is 0 Å². The Hall–Kier alpha value is -1.85. The molecule has 0 saturated heterocycles. The standard InChI is InChI=1S/C16H21N3OS/c1-11(15-5-4-10-21-15)19(3)12(2)16(20)18-14-8-6-13(17)7-9-14/h4-12H,17H2,1-3H3,(H,18,20). The number of amides is 1. The molecular weight excluding hydrogens is 282 g/mol. The molecule has 21 heavy (non-hydrogen) atoms. The maximum absolute atomic E-state index is 12.3. The van der Waals surface area contributed by atoms with Crippen molar-refractivity contribution in [3.8, 4) is 0 Å². The number of rotatable bonds is 5. The van der Waals surface area contributed by atoms with Crippen molar-refractivity contribution in [1.82, 2.24) is 4.90 Å². The summed E-state index contributed by atoms with van der Waals surface area (Å²) in [6.07, 6.45) is 0. The zero-order valence-electron chi connectivity index (χ0n) is 12.5. The van der Waals surface area contributed by atoms with Gasteiger partial charge in [-0.2, -0.15) is 0 Å². The molecule has 0 bridgehead atoms. The highest BCUT2D eigenvalue weighted by molar-refractivity contribution is 7.10. The zero-order valence-corrected chi connectivity index (χ0v) is 13.4. The van der Waals surface area contributed by atoms with Crippen molar-refractivity contribution in [2.24, 2.45) is 0 Å². The third kappa shape index (κ3) is 3.83. The van der Waals surface area contributed by atoms with Gasteiger partial charge in [0.05, 0.1) is 6.04 Å². The first kappa shape index (κ1) is 15.5. The van der Waals surface area contributed by atoms with E-state index in [9.17, 15) is 4.79 Å². The van der Waals surface area contributed by atoms with E-state index >= 15 is 0 Å². The number of nitrogens with zero attached hydrogens (tertiary/aromatic N) is 1. The Bertz CT molecular complexity index is 580. The fraction of sp³-hybridized carbons (Fsp3) is 0.312. The van der Waals surface area contributed by atoms with Crippen molar-refractivity contribution in [2.75, 3.05) is 18.1 Å². The highest BCUT2D eigenvalue weighted by atomic mass is 32.1. The van der Waals surface area contributed by atoms with Crippen molar-refractivity contribution < 1.29 is 4.79 Å². The van der Waals surface area contributed by atoms with Crippen LogP contribution >= 0.6 is 11.3 Å². The number of thiophene rings is 1. The summed E-state index contributed by atoms with van der Waals surface area (Å²) in [5.74, 6) is -0.0225. The second-order valence-electron chi connectivity index (χ2n) is 5.14. The van der Waals surface area contributed by atoms with E-state index in [1.165, 1.54) is 4.88 Å². The van der Waals surface area contributed by atoms with Gasteiger partial charge in [0, 0.05) is 22.3 Å². The Morgan fingerprint density at radius 2 is 1.90 bits per heavy atom. The largest absolute Gasteiger partial charge is 0.399 e. The summed E-state index contributed by atoms with van der Waals surface area (Å²) >= 11 is 1.71. The van der Waals surface area contributed by atoms with Crippen LogP contribution in [-0.2, 0) is 4.79 Å². The number of hydrogen-bond acceptors (Lipinski definition) is 4. The van der Waals surface area contributed by atoms with Gasteiger partial charge in [-0.1, -0.05) is 6.07 Å². The molecule has 2 rings (SSSR count). The van der Waals surface area contributed by atoms with E-state index in [0.717, 1.165) is 5.69 Å². The summed E-state index contributed by atoms with van der Waals surface area (Å²) < 4.78 is 0. The van der Waals surface area contributed by atoms with E-state index in [-0.39, 0.29) is 18.0 Å². The summed E-state index contributed by atoms with van der Waals surface area (Å²) in [7, 11) is 1.97. The van der Waals surface area contributed by atoms with Crippen molar-refractivity contribution in [3.63, 3.8) is 0 Å². The molecule has 1 aromatic carbocycles. The highest BCUT2D eigenvalue weighted by Crippen LogP contribution is 2.25. The van der Waals surface area contributed by atoms with Crippen LogP contribution in [-0.4, -0.2) is 23.9 Å². The topological polar surface area (TPSA) is 58.4 Å². The Balaban J connectivity index is 1.99. The molecule has 2 atom stereocenters. The normalized spacial score (nSPS) is 13.9. The minimum Gasteiger partial charge on any atom is -0.399 e. The van der Waals surface area contributed by atoms with E-state index in [4.69, 9.17) is 5.73 Å². The molecule has 0 aliphatic heterocycles. The van der Waals surface area contributed by atoms with Gasteiger partial charge >= 0.3 is 0 Å². The van der Waals surface area contributed by atoms with Gasteiger partial charge in [-0.05, 0) is 56.6 Å². The van der Waals surface area contributed by atoms with Crippen LogP contribution in [0.4, 0.5) is 11.4 Å². The first-order chi connectivity index (χ1) is 9.99. The Morgan fingerprint density at radius 1 is 1.24 bits per heavy atom. The number of carbonyl (C=O) groups excluding carboxylic acids is 1. The third-order valence-electron chi connectivity index (χ3n) is 3.73. The van der Waals surface area contributed by atoms with Gasteiger partial charge in [0.15, 0.2) is 0 Å². The van der Waals surface area contributed by atoms with E-state index in [1.54, 1.807) is 23.5 Å². The number of anilines is 2. The molecule has 1 heterocycles. The molecule has 3 N–H and O–H groups in total. The Morgan fingerprint density at radius 3 is 2.48 bits per heavy atom. The van der Waals surface area contributed by atoms with Gasteiger partial charge in [0.2, 0.25) is 5.91 Å². The molecule has 0 aliphatic rings. The van der Waals surface area contributed by atoms with Crippen LogP contribution in [0, 0.1) is 0 Å². The molecule has 0 saturated carbocycles. The van der Waals surface area contributed by atoms with Gasteiger partial charge in [0.1, 0.15) is 0 Å². The lowest BCUT2D eigenvalue weighted by Gasteiger charge is -2.29. The molecule has 112 valence electrons. The number of benzene rings is 1. The molecule has 2 unspecified atom stereocenters. The van der Waals surface area contributed by atoms with Gasteiger partial charge in [-0.25, -0.2) is 0 Å². The van der Waals surface area contributed by atoms with Crippen molar-refractivity contribution >= 4 is 28.6 Å². The van der Waals surface area contributed by atoms with Gasteiger partial charge in [-0.3, -0.25) is 9.69 Å². The minimum atomic E-state index is -0.223. The molecule has 4 nitrogen and oxygen atoms in total. The minimum absolute atomic E-state index is 0.0225. The summed E-state index contributed by atoms with van der Waals surface area (Å²) in [6.45, 7) is 4.02. The first-order valence-corrected chi connectivity index (χ1v) is 7.78. The third-order valence-corrected chi connectivity index (χ3v) is 4.78. The first-order valence-electron chi connectivity index (χ1n) is 6.90. The molecule has 5 heteroatoms. The molecule has 0 spiro atoms. The molecule has 0 fully saturated rings. The van der Waals surface area contributed by atoms with Crippen LogP contribution in [0.5, 0.6) is 0 Å². The second kappa shape index (κ2) is 6.74. The summed E-state index contributed by atoms with van der Waals surface area (Å²) in [6, 6.07) is 11.3. The Kier molecular flexibility index (Phi) is 4.98. The van der Waals surface area contributed by atoms with Crippen molar-refractivity contribution in [3.05, 3.63) is 46.7 Å². The highest BCUT2D eigenvalue weighted by Gasteiger charge is 2.23. The van der Waals surface area contributed by atoms with Crippen molar-refractivity contribution in [1.29, 1.82) is 0 Å². The molecule has 1 aromatic heterocycles. The smallest absolute Gasteiger partial charge is 0.241 e. The molecule has 0 radical (unpaired) electrons. The van der Waals surface area contributed by atoms with E-state index in [0.29, 0.717) is 5.69 Å². The van der Waals surface area contributed by atoms with Crippen LogP contribution in [0.25, 0.3) is 0 Å². The molecule has 0 aliphatic carbocycles. The average Bonchev–Trinajstić information content (AvgIpc) is 3.01. The number of nitrogens with two attached hydrogens (primary N) is 1. The lowest BCUT2D eigenvalue weighted by atomic mass is 10.1. The molecular formula is C16H21N3OS. The lowest BCUT2D eigenvalue weighted by Crippen LogP contribution is -2.40. The number of nitrogen functional groups attached to an aromatic ring is 1. The SMILES string of the molecule is CC(C(=O)Nc1ccc(N)cc1)N(C)C(C)c1cccs1. The van der Waals surface area contributed by atoms with Crippen LogP contribution < -0.4 is 11.1 Å². The molecule has 2 aromatic rings. The van der Waals surface area contributed by atoms with Gasteiger partial charge in [-0.15, -0.1) is 11.3 Å². The van der Waals surface area contributed by atoms with Crippen molar-refractivity contribution in [2.45, 2.75) is 25.9 Å². The number of likely N-dealkylation sites (N-methyl/N-ethyl adjacent to an activating group) is 1. The fourth-order valence-corrected chi connectivity index (χ4v) is 2.90. The summed E-state index contributed by atoms with van der Waals surface area (Å²) in [4.78, 5) is 15.7. The number of hydrogen-bond donors (Lipinski definition) is 2. The second-order valence-corrected chi connectivity index (χ2v) is 6.12. The van der Waals surface area contributed by atoms with Crippen LogP contribution in [0.1, 0.15) is 24.8 Å². The maximum Gasteiger partial charge on any atom is 0.241 e. The maximum atomic E-state index is 12.3.